The molecule has 22 heavy (non-hydrogen) atoms. The Kier molecular flexibility index (Phi) is 3.90. The molecule has 0 fully saturated rings. The fourth-order valence-electron chi connectivity index (χ4n) is 2.31. The van der Waals surface area contributed by atoms with Crippen LogP contribution in [0.3, 0.4) is 0 Å². The van der Waals surface area contributed by atoms with E-state index in [1.54, 1.807) is 25.0 Å². The van der Waals surface area contributed by atoms with E-state index in [0.29, 0.717) is 5.56 Å². The van der Waals surface area contributed by atoms with Crippen molar-refractivity contribution in [1.29, 1.82) is 0 Å². The zero-order valence-electron chi connectivity index (χ0n) is 12.8. The molecular formula is C17H17N3OS. The molecule has 0 aliphatic rings. The number of nitrogens with zero attached hydrogens (tertiary/aromatic N) is 2. The Morgan fingerprint density at radius 2 is 2.00 bits per heavy atom. The molecule has 112 valence electrons. The standard InChI is InChI=1S/C17H17N3OS/c1-11-4-6-13(7-5-11)22-15-10-20(3)16-14(15)8-12(9-19-16)17(21)18-2/h4-10H,1-3H3,(H,18,21). The van der Waals surface area contributed by atoms with Crippen molar-refractivity contribution in [3.05, 3.63) is 53.9 Å². The van der Waals surface area contributed by atoms with Crippen LogP contribution >= 0.6 is 11.8 Å². The van der Waals surface area contributed by atoms with Gasteiger partial charge in [-0.25, -0.2) is 4.98 Å². The third-order valence-electron chi connectivity index (χ3n) is 3.52. The molecule has 1 amide bonds. The summed E-state index contributed by atoms with van der Waals surface area (Å²) in [7, 11) is 3.59. The van der Waals surface area contributed by atoms with Gasteiger partial charge < -0.3 is 9.88 Å². The number of hydrogen-bond acceptors (Lipinski definition) is 3. The highest BCUT2D eigenvalue weighted by Crippen LogP contribution is 2.34. The topological polar surface area (TPSA) is 46.9 Å². The predicted octanol–water partition coefficient (Wildman–Crippen LogP) is 3.39. The number of fused-ring (bicyclic) bond motifs is 1. The Morgan fingerprint density at radius 3 is 2.68 bits per heavy atom. The molecule has 3 aromatic rings. The number of benzene rings is 1. The van der Waals surface area contributed by atoms with E-state index >= 15 is 0 Å². The van der Waals surface area contributed by atoms with E-state index in [2.05, 4.69) is 47.7 Å². The first kappa shape index (κ1) is 14.7. The van der Waals surface area contributed by atoms with E-state index in [4.69, 9.17) is 0 Å². The molecule has 0 aliphatic carbocycles. The third-order valence-corrected chi connectivity index (χ3v) is 4.57. The van der Waals surface area contributed by atoms with Crippen LogP contribution in [0.4, 0.5) is 0 Å². The van der Waals surface area contributed by atoms with Crippen molar-refractivity contribution in [1.82, 2.24) is 14.9 Å². The number of aryl methyl sites for hydroxylation is 2. The molecule has 0 saturated heterocycles. The lowest BCUT2D eigenvalue weighted by Gasteiger charge is -2.02. The summed E-state index contributed by atoms with van der Waals surface area (Å²) in [6, 6.07) is 10.3. The first-order valence-corrected chi connectivity index (χ1v) is 7.82. The number of carbonyl (C=O) groups excluding carboxylic acids is 1. The molecule has 1 N–H and O–H groups in total. The zero-order valence-corrected chi connectivity index (χ0v) is 13.6. The van der Waals surface area contributed by atoms with E-state index in [1.165, 1.54) is 10.5 Å². The molecule has 5 heteroatoms. The average Bonchev–Trinajstić information content (AvgIpc) is 2.84. The van der Waals surface area contributed by atoms with Gasteiger partial charge in [-0.05, 0) is 25.1 Å². The van der Waals surface area contributed by atoms with Crippen molar-refractivity contribution in [3.8, 4) is 0 Å². The molecule has 0 unspecified atom stereocenters. The second-order valence-corrected chi connectivity index (χ2v) is 6.31. The number of nitrogens with one attached hydrogen (secondary N) is 1. The van der Waals surface area contributed by atoms with Crippen molar-refractivity contribution in [2.45, 2.75) is 16.7 Å². The summed E-state index contributed by atoms with van der Waals surface area (Å²) >= 11 is 1.68. The molecule has 0 bridgehead atoms. The van der Waals surface area contributed by atoms with Crippen LogP contribution in [0, 0.1) is 6.92 Å². The van der Waals surface area contributed by atoms with Gasteiger partial charge in [-0.15, -0.1) is 0 Å². The molecule has 0 saturated carbocycles. The molecule has 1 aromatic carbocycles. The van der Waals surface area contributed by atoms with Gasteiger partial charge in [-0.2, -0.15) is 0 Å². The summed E-state index contributed by atoms with van der Waals surface area (Å²) in [5.41, 5.74) is 2.69. The van der Waals surface area contributed by atoms with Gasteiger partial charge in [0, 0.05) is 41.7 Å². The van der Waals surface area contributed by atoms with Crippen LogP contribution in [0.5, 0.6) is 0 Å². The smallest absolute Gasteiger partial charge is 0.252 e. The number of carbonyl (C=O) groups is 1. The van der Waals surface area contributed by atoms with Crippen LogP contribution in [0.2, 0.25) is 0 Å². The summed E-state index contributed by atoms with van der Waals surface area (Å²) in [5.74, 6) is -0.121. The quantitative estimate of drug-likeness (QED) is 0.806. The van der Waals surface area contributed by atoms with Crippen LogP contribution in [0.25, 0.3) is 11.0 Å². The van der Waals surface area contributed by atoms with Crippen LogP contribution in [-0.2, 0) is 7.05 Å². The minimum absolute atomic E-state index is 0.121. The lowest BCUT2D eigenvalue weighted by atomic mass is 10.2. The third kappa shape index (κ3) is 2.72. The summed E-state index contributed by atoms with van der Waals surface area (Å²) < 4.78 is 1.99. The van der Waals surface area contributed by atoms with Gasteiger partial charge in [-0.1, -0.05) is 29.5 Å². The van der Waals surface area contributed by atoms with E-state index in [-0.39, 0.29) is 5.91 Å². The summed E-state index contributed by atoms with van der Waals surface area (Å²) in [4.78, 5) is 18.5. The highest BCUT2D eigenvalue weighted by molar-refractivity contribution is 7.99. The van der Waals surface area contributed by atoms with Gasteiger partial charge >= 0.3 is 0 Å². The minimum Gasteiger partial charge on any atom is -0.355 e. The molecule has 4 nitrogen and oxygen atoms in total. The van der Waals surface area contributed by atoms with E-state index in [1.807, 2.05) is 17.7 Å². The first-order valence-electron chi connectivity index (χ1n) is 7.00. The molecular weight excluding hydrogens is 294 g/mol. The number of aromatic nitrogens is 2. The van der Waals surface area contributed by atoms with E-state index in [0.717, 1.165) is 15.9 Å². The minimum atomic E-state index is -0.121. The maximum atomic E-state index is 11.8. The van der Waals surface area contributed by atoms with Gasteiger partial charge in [-0.3, -0.25) is 4.79 Å². The van der Waals surface area contributed by atoms with E-state index < -0.39 is 0 Å². The summed E-state index contributed by atoms with van der Waals surface area (Å²) in [6.07, 6.45) is 3.66. The fourth-order valence-corrected chi connectivity index (χ4v) is 3.31. The molecule has 0 spiro atoms. The highest BCUT2D eigenvalue weighted by Gasteiger charge is 2.12. The van der Waals surface area contributed by atoms with Gasteiger partial charge in [0.1, 0.15) is 5.65 Å². The van der Waals surface area contributed by atoms with Crippen LogP contribution in [-0.4, -0.2) is 22.5 Å². The molecule has 0 aliphatic heterocycles. The van der Waals surface area contributed by atoms with Gasteiger partial charge in [0.25, 0.3) is 5.91 Å². The molecule has 2 aromatic heterocycles. The Labute approximate surface area is 133 Å². The van der Waals surface area contributed by atoms with Crippen molar-refractivity contribution in [2.75, 3.05) is 7.05 Å². The largest absolute Gasteiger partial charge is 0.355 e. The van der Waals surface area contributed by atoms with Gasteiger partial charge in [0.2, 0.25) is 0 Å². The summed E-state index contributed by atoms with van der Waals surface area (Å²) in [5, 5.41) is 3.63. The average molecular weight is 311 g/mol. The van der Waals surface area contributed by atoms with Crippen LogP contribution in [0.15, 0.2) is 52.5 Å². The molecule has 2 heterocycles. The van der Waals surface area contributed by atoms with Gasteiger partial charge in [0.05, 0.1) is 5.56 Å². The Balaban J connectivity index is 2.04. The maximum absolute atomic E-state index is 11.8. The molecule has 0 atom stereocenters. The van der Waals surface area contributed by atoms with Crippen molar-refractivity contribution in [2.24, 2.45) is 7.05 Å². The zero-order chi connectivity index (χ0) is 15.7. The molecule has 0 radical (unpaired) electrons. The Morgan fingerprint density at radius 1 is 1.27 bits per heavy atom. The fraction of sp³-hybridized carbons (Fsp3) is 0.176. The van der Waals surface area contributed by atoms with Crippen LogP contribution in [0.1, 0.15) is 15.9 Å². The number of hydrogen-bond donors (Lipinski definition) is 1. The first-order chi connectivity index (χ1) is 10.6. The number of amides is 1. The normalized spacial score (nSPS) is 10.9. The molecule has 3 rings (SSSR count). The SMILES string of the molecule is CNC(=O)c1cnc2c(c1)c(Sc1ccc(C)cc1)cn2C. The van der Waals surface area contributed by atoms with Gasteiger partial charge in [0.15, 0.2) is 0 Å². The Hall–Kier alpha value is -2.27. The summed E-state index contributed by atoms with van der Waals surface area (Å²) in [6.45, 7) is 2.08. The second kappa shape index (κ2) is 5.85. The van der Waals surface area contributed by atoms with Crippen molar-refractivity contribution in [3.63, 3.8) is 0 Å². The Bertz CT molecular complexity index is 837. The number of rotatable bonds is 3. The van der Waals surface area contributed by atoms with E-state index in [9.17, 15) is 4.79 Å². The predicted molar refractivity (Wildman–Crippen MR) is 89.4 cm³/mol. The monoisotopic (exact) mass is 311 g/mol. The lowest BCUT2D eigenvalue weighted by molar-refractivity contribution is 0.0963. The number of pyridine rings is 1. The highest BCUT2D eigenvalue weighted by atomic mass is 32.2. The van der Waals surface area contributed by atoms with Crippen molar-refractivity contribution >= 4 is 28.7 Å². The van der Waals surface area contributed by atoms with Crippen molar-refractivity contribution < 1.29 is 4.79 Å². The maximum Gasteiger partial charge on any atom is 0.252 e. The lowest BCUT2D eigenvalue weighted by Crippen LogP contribution is -2.17. The second-order valence-electron chi connectivity index (χ2n) is 5.19. The van der Waals surface area contributed by atoms with Crippen LogP contribution < -0.4 is 5.32 Å².